The van der Waals surface area contributed by atoms with E-state index in [4.69, 9.17) is 0 Å². The molecule has 1 aliphatic rings. The standard InChI is InChI=1S/C17H17FN2O2S/c1-19(16(21)11-12-5-4-10-23-12)15-8-9-20(17(15)22)14-7-3-2-6-13(14)18/h2-7,10,15H,8-9,11H2,1H3/t15-/m1/s1. The Labute approximate surface area is 138 Å². The van der Waals surface area contributed by atoms with Gasteiger partial charge in [-0.1, -0.05) is 18.2 Å². The van der Waals surface area contributed by atoms with Gasteiger partial charge in [-0.2, -0.15) is 0 Å². The van der Waals surface area contributed by atoms with Crippen molar-refractivity contribution in [3.8, 4) is 0 Å². The van der Waals surface area contributed by atoms with Crippen LogP contribution in [-0.2, 0) is 16.0 Å². The Morgan fingerprint density at radius 2 is 2.13 bits per heavy atom. The van der Waals surface area contributed by atoms with E-state index in [0.29, 0.717) is 13.0 Å². The molecule has 1 aliphatic heterocycles. The van der Waals surface area contributed by atoms with Gasteiger partial charge in [0, 0.05) is 18.5 Å². The molecule has 0 saturated carbocycles. The number of likely N-dealkylation sites (N-methyl/N-ethyl adjacent to an activating group) is 1. The van der Waals surface area contributed by atoms with E-state index in [0.717, 1.165) is 4.88 Å². The number of rotatable bonds is 4. The van der Waals surface area contributed by atoms with E-state index in [2.05, 4.69) is 0 Å². The summed E-state index contributed by atoms with van der Waals surface area (Å²) in [7, 11) is 1.64. The van der Waals surface area contributed by atoms with Crippen LogP contribution in [0.15, 0.2) is 41.8 Å². The topological polar surface area (TPSA) is 40.6 Å². The number of para-hydroxylation sites is 1. The summed E-state index contributed by atoms with van der Waals surface area (Å²) in [5.41, 5.74) is 0.277. The lowest BCUT2D eigenvalue weighted by atomic mass is 10.2. The average molecular weight is 332 g/mol. The molecule has 2 amide bonds. The number of carbonyl (C=O) groups is 2. The van der Waals surface area contributed by atoms with E-state index in [-0.39, 0.29) is 23.9 Å². The number of carbonyl (C=O) groups excluding carboxylic acids is 2. The number of nitrogens with zero attached hydrogens (tertiary/aromatic N) is 2. The van der Waals surface area contributed by atoms with Crippen LogP contribution >= 0.6 is 11.3 Å². The van der Waals surface area contributed by atoms with Crippen molar-refractivity contribution in [1.82, 2.24) is 4.90 Å². The minimum absolute atomic E-state index is 0.0961. The molecule has 2 aromatic rings. The van der Waals surface area contributed by atoms with Crippen LogP contribution in [0.5, 0.6) is 0 Å². The summed E-state index contributed by atoms with van der Waals surface area (Å²) in [6.07, 6.45) is 0.803. The van der Waals surface area contributed by atoms with Crippen LogP contribution in [0.1, 0.15) is 11.3 Å². The summed E-state index contributed by atoms with van der Waals surface area (Å²) in [4.78, 5) is 28.8. The lowest BCUT2D eigenvalue weighted by Crippen LogP contribution is -2.43. The van der Waals surface area contributed by atoms with E-state index in [1.54, 1.807) is 25.2 Å². The van der Waals surface area contributed by atoms with E-state index in [1.165, 1.54) is 27.2 Å². The van der Waals surface area contributed by atoms with E-state index < -0.39 is 11.9 Å². The van der Waals surface area contributed by atoms with Gasteiger partial charge in [-0.3, -0.25) is 9.59 Å². The molecular formula is C17H17FN2O2S. The molecule has 2 heterocycles. The maximum absolute atomic E-state index is 13.9. The first-order valence-electron chi connectivity index (χ1n) is 7.42. The number of anilines is 1. The predicted octanol–water partition coefficient (Wildman–Crippen LogP) is 2.69. The van der Waals surface area contributed by atoms with Crippen LogP contribution in [0.3, 0.4) is 0 Å². The fourth-order valence-corrected chi connectivity index (χ4v) is 3.49. The summed E-state index contributed by atoms with van der Waals surface area (Å²) >= 11 is 1.52. The quantitative estimate of drug-likeness (QED) is 0.864. The molecule has 4 nitrogen and oxygen atoms in total. The van der Waals surface area contributed by atoms with Gasteiger partial charge >= 0.3 is 0 Å². The largest absolute Gasteiger partial charge is 0.333 e. The monoisotopic (exact) mass is 332 g/mol. The van der Waals surface area contributed by atoms with Gasteiger partial charge in [0.2, 0.25) is 11.8 Å². The smallest absolute Gasteiger partial charge is 0.249 e. The predicted molar refractivity (Wildman–Crippen MR) is 88.0 cm³/mol. The molecule has 120 valence electrons. The highest BCUT2D eigenvalue weighted by molar-refractivity contribution is 7.10. The molecule has 0 N–H and O–H groups in total. The summed E-state index contributed by atoms with van der Waals surface area (Å²) in [5, 5.41) is 1.92. The molecule has 1 aromatic heterocycles. The van der Waals surface area contributed by atoms with Crippen LogP contribution in [0, 0.1) is 5.82 Å². The fraction of sp³-hybridized carbons (Fsp3) is 0.294. The molecule has 1 saturated heterocycles. The van der Waals surface area contributed by atoms with Gasteiger partial charge in [0.25, 0.3) is 0 Å². The van der Waals surface area contributed by atoms with Crippen molar-refractivity contribution in [2.75, 3.05) is 18.5 Å². The van der Waals surface area contributed by atoms with E-state index in [9.17, 15) is 14.0 Å². The second-order valence-corrected chi connectivity index (χ2v) is 6.54. The second kappa shape index (κ2) is 6.50. The van der Waals surface area contributed by atoms with Gasteiger partial charge in [0.1, 0.15) is 11.9 Å². The zero-order valence-electron chi connectivity index (χ0n) is 12.7. The fourth-order valence-electron chi connectivity index (χ4n) is 2.79. The summed E-state index contributed by atoms with van der Waals surface area (Å²) < 4.78 is 13.9. The molecule has 3 rings (SSSR count). The summed E-state index contributed by atoms with van der Waals surface area (Å²) in [6.45, 7) is 0.418. The maximum Gasteiger partial charge on any atom is 0.249 e. The van der Waals surface area contributed by atoms with Crippen molar-refractivity contribution < 1.29 is 14.0 Å². The van der Waals surface area contributed by atoms with E-state index in [1.807, 2.05) is 17.5 Å². The summed E-state index contributed by atoms with van der Waals surface area (Å²) in [5.74, 6) is -0.743. The van der Waals surface area contributed by atoms with E-state index >= 15 is 0 Å². The van der Waals surface area contributed by atoms with Gasteiger partial charge < -0.3 is 9.80 Å². The molecule has 0 radical (unpaired) electrons. The molecule has 0 aliphatic carbocycles. The van der Waals surface area contributed by atoms with Crippen molar-refractivity contribution in [2.24, 2.45) is 0 Å². The third-order valence-corrected chi connectivity index (χ3v) is 4.96. The maximum atomic E-state index is 13.9. The Bertz CT molecular complexity index is 717. The number of amides is 2. The highest BCUT2D eigenvalue weighted by Gasteiger charge is 2.37. The van der Waals surface area contributed by atoms with Crippen molar-refractivity contribution in [3.63, 3.8) is 0 Å². The Kier molecular flexibility index (Phi) is 4.43. The van der Waals surface area contributed by atoms with Gasteiger partial charge in [-0.15, -0.1) is 11.3 Å². The highest BCUT2D eigenvalue weighted by atomic mass is 32.1. The van der Waals surface area contributed by atoms with Crippen molar-refractivity contribution in [3.05, 3.63) is 52.5 Å². The van der Waals surface area contributed by atoms with Crippen LogP contribution < -0.4 is 4.90 Å². The third kappa shape index (κ3) is 3.12. The van der Waals surface area contributed by atoms with Crippen molar-refractivity contribution in [1.29, 1.82) is 0 Å². The van der Waals surface area contributed by atoms with Gasteiger partial charge in [-0.25, -0.2) is 4.39 Å². The van der Waals surface area contributed by atoms with Gasteiger partial charge in [-0.05, 0) is 30.0 Å². The van der Waals surface area contributed by atoms with Crippen LogP contribution in [0.4, 0.5) is 10.1 Å². The summed E-state index contributed by atoms with van der Waals surface area (Å²) in [6, 6.07) is 9.48. The van der Waals surface area contributed by atoms with Gasteiger partial charge in [0.15, 0.2) is 0 Å². The first kappa shape index (κ1) is 15.7. The minimum Gasteiger partial charge on any atom is -0.333 e. The second-order valence-electron chi connectivity index (χ2n) is 5.51. The van der Waals surface area contributed by atoms with Crippen LogP contribution in [-0.4, -0.2) is 36.3 Å². The number of hydrogen-bond donors (Lipinski definition) is 0. The van der Waals surface area contributed by atoms with Crippen LogP contribution in [0.2, 0.25) is 0 Å². The lowest BCUT2D eigenvalue weighted by Gasteiger charge is -2.24. The molecule has 0 bridgehead atoms. The zero-order valence-corrected chi connectivity index (χ0v) is 13.6. The first-order chi connectivity index (χ1) is 11.1. The molecule has 0 unspecified atom stereocenters. The average Bonchev–Trinajstić information content (AvgIpc) is 3.17. The normalized spacial score (nSPS) is 17.6. The Morgan fingerprint density at radius 1 is 1.35 bits per heavy atom. The molecule has 23 heavy (non-hydrogen) atoms. The molecule has 1 aromatic carbocycles. The SMILES string of the molecule is CN(C(=O)Cc1cccs1)[C@@H]1CCN(c2ccccc2F)C1=O. The van der Waals surface area contributed by atoms with Crippen LogP contribution in [0.25, 0.3) is 0 Å². The number of thiophene rings is 1. The Hall–Kier alpha value is -2.21. The molecule has 1 atom stereocenters. The lowest BCUT2D eigenvalue weighted by molar-refractivity contribution is -0.136. The first-order valence-corrected chi connectivity index (χ1v) is 8.30. The number of halogens is 1. The minimum atomic E-state index is -0.526. The molecule has 1 fully saturated rings. The van der Waals surface area contributed by atoms with Crippen molar-refractivity contribution in [2.45, 2.75) is 18.9 Å². The Balaban J connectivity index is 1.71. The van der Waals surface area contributed by atoms with Gasteiger partial charge in [0.05, 0.1) is 12.1 Å². The molecule has 6 heteroatoms. The molecule has 0 spiro atoms. The van der Waals surface area contributed by atoms with Crippen molar-refractivity contribution >= 4 is 28.8 Å². The number of benzene rings is 1. The number of hydrogen-bond acceptors (Lipinski definition) is 3. The highest BCUT2D eigenvalue weighted by Crippen LogP contribution is 2.26. The zero-order chi connectivity index (χ0) is 16.4. The molecular weight excluding hydrogens is 315 g/mol. The third-order valence-electron chi connectivity index (χ3n) is 4.09. The Morgan fingerprint density at radius 3 is 2.83 bits per heavy atom.